The van der Waals surface area contributed by atoms with Gasteiger partial charge >= 0.3 is 0 Å². The number of nitrogens with two attached hydrogens (primary N) is 1. The largest absolute Gasteiger partial charge is 0.323 e. The summed E-state index contributed by atoms with van der Waals surface area (Å²) in [6.45, 7) is 3.36. The van der Waals surface area contributed by atoms with Crippen LogP contribution in [0.15, 0.2) is 4.79 Å². The van der Waals surface area contributed by atoms with Gasteiger partial charge in [-0.1, -0.05) is 0 Å². The van der Waals surface area contributed by atoms with Crippen molar-refractivity contribution in [3.8, 4) is 0 Å². The van der Waals surface area contributed by atoms with Gasteiger partial charge in [0.05, 0.1) is 6.04 Å². The summed E-state index contributed by atoms with van der Waals surface area (Å²) in [7, 11) is 0. The molecule has 0 aromatic carbocycles. The van der Waals surface area contributed by atoms with E-state index in [-0.39, 0.29) is 17.3 Å². The Morgan fingerprint density at radius 2 is 2.18 bits per heavy atom. The van der Waals surface area contributed by atoms with E-state index in [1.807, 2.05) is 0 Å². The van der Waals surface area contributed by atoms with Gasteiger partial charge in [-0.05, 0) is 13.8 Å². The first kappa shape index (κ1) is 7.87. The second kappa shape index (κ2) is 2.79. The highest BCUT2D eigenvalue weighted by molar-refractivity contribution is 4.99. The summed E-state index contributed by atoms with van der Waals surface area (Å²) in [5.41, 5.74) is 5.46. The Hall–Kier alpha value is -1.23. The highest BCUT2D eigenvalue weighted by atomic mass is 16.1. The van der Waals surface area contributed by atoms with E-state index in [0.717, 1.165) is 0 Å². The number of aryl methyl sites for hydroxylation is 1. The summed E-state index contributed by atoms with van der Waals surface area (Å²) in [5.74, 6) is 0.499. The number of hydrogen-bond acceptors (Lipinski definition) is 4. The number of nitrogens with one attached hydrogen (secondary N) is 1. The first-order valence-corrected chi connectivity index (χ1v) is 3.30. The van der Waals surface area contributed by atoms with Crippen molar-refractivity contribution in [3.63, 3.8) is 0 Å². The predicted octanol–water partition coefficient (Wildman–Crippen LogP) is -0.507. The lowest BCUT2D eigenvalue weighted by Gasteiger charge is -2.00. The molecule has 0 aliphatic heterocycles. The van der Waals surface area contributed by atoms with Crippen molar-refractivity contribution >= 4 is 0 Å². The van der Waals surface area contributed by atoms with Crippen LogP contribution in [0.3, 0.4) is 0 Å². The lowest BCUT2D eigenvalue weighted by molar-refractivity contribution is 0.710. The van der Waals surface area contributed by atoms with Crippen molar-refractivity contribution in [2.45, 2.75) is 19.9 Å². The third kappa shape index (κ3) is 1.62. The molecule has 1 heterocycles. The molecule has 0 amide bonds. The maximum atomic E-state index is 11.0. The van der Waals surface area contributed by atoms with Gasteiger partial charge < -0.3 is 10.7 Å². The van der Waals surface area contributed by atoms with Crippen molar-refractivity contribution in [1.82, 2.24) is 15.2 Å². The summed E-state index contributed by atoms with van der Waals surface area (Å²) >= 11 is 0. The molecule has 3 N–H and O–H groups in total. The van der Waals surface area contributed by atoms with Gasteiger partial charge in [0.1, 0.15) is 11.5 Å². The van der Waals surface area contributed by atoms with Crippen LogP contribution in [0.1, 0.15) is 24.5 Å². The molecule has 1 unspecified atom stereocenters. The standard InChI is InChI=1S/C6H10N4O/c1-3(7)5-6(11)8-4(2)9-10-5/h3H,7H2,1-2H3,(H,8,9,11). The Labute approximate surface area is 63.7 Å². The van der Waals surface area contributed by atoms with Crippen molar-refractivity contribution in [3.05, 3.63) is 21.9 Å². The van der Waals surface area contributed by atoms with E-state index in [0.29, 0.717) is 5.82 Å². The molecule has 1 rings (SSSR count). The number of rotatable bonds is 1. The van der Waals surface area contributed by atoms with Crippen molar-refractivity contribution < 1.29 is 0 Å². The molecule has 1 atom stereocenters. The molecule has 0 bridgehead atoms. The summed E-state index contributed by atoms with van der Waals surface area (Å²) in [5, 5.41) is 7.33. The minimum Gasteiger partial charge on any atom is -0.323 e. The second-order valence-corrected chi connectivity index (χ2v) is 2.41. The van der Waals surface area contributed by atoms with Crippen molar-refractivity contribution in [2.24, 2.45) is 5.73 Å². The minimum absolute atomic E-state index is 0.257. The fourth-order valence-corrected chi connectivity index (χ4v) is 0.725. The molecule has 0 fully saturated rings. The molecule has 5 nitrogen and oxygen atoms in total. The highest BCUT2D eigenvalue weighted by Crippen LogP contribution is 1.95. The fourth-order valence-electron chi connectivity index (χ4n) is 0.725. The van der Waals surface area contributed by atoms with Gasteiger partial charge in [0.15, 0.2) is 0 Å². The van der Waals surface area contributed by atoms with Gasteiger partial charge in [-0.25, -0.2) is 0 Å². The molecular weight excluding hydrogens is 144 g/mol. The number of hydrogen-bond donors (Lipinski definition) is 2. The summed E-state index contributed by atoms with van der Waals surface area (Å²) in [6.07, 6.45) is 0. The number of nitrogens with zero attached hydrogens (tertiary/aromatic N) is 2. The minimum atomic E-state index is -0.369. The molecular formula is C6H10N4O. The lowest BCUT2D eigenvalue weighted by atomic mass is 10.3. The van der Waals surface area contributed by atoms with Gasteiger partial charge in [0.2, 0.25) is 0 Å². The summed E-state index contributed by atoms with van der Waals surface area (Å²) in [6, 6.07) is -0.369. The van der Waals surface area contributed by atoms with E-state index in [9.17, 15) is 4.79 Å². The number of aromatic amines is 1. The maximum absolute atomic E-state index is 11.0. The van der Waals surface area contributed by atoms with E-state index in [1.165, 1.54) is 0 Å². The fraction of sp³-hybridized carbons (Fsp3) is 0.500. The van der Waals surface area contributed by atoms with Crippen LogP contribution >= 0.6 is 0 Å². The molecule has 0 aliphatic carbocycles. The molecule has 0 saturated carbocycles. The van der Waals surface area contributed by atoms with Crippen LogP contribution in [0, 0.1) is 6.92 Å². The molecule has 1 aromatic rings. The van der Waals surface area contributed by atoms with Gasteiger partial charge in [0, 0.05) is 0 Å². The molecule has 0 aliphatic rings. The van der Waals surface area contributed by atoms with E-state index in [4.69, 9.17) is 5.73 Å². The Balaban J connectivity index is 3.21. The maximum Gasteiger partial charge on any atom is 0.274 e. The van der Waals surface area contributed by atoms with Crippen molar-refractivity contribution in [2.75, 3.05) is 0 Å². The number of aromatic nitrogens is 3. The third-order valence-electron chi connectivity index (χ3n) is 1.27. The predicted molar refractivity (Wildman–Crippen MR) is 40.0 cm³/mol. The van der Waals surface area contributed by atoms with Gasteiger partial charge in [-0.15, -0.1) is 10.2 Å². The second-order valence-electron chi connectivity index (χ2n) is 2.41. The van der Waals surface area contributed by atoms with E-state index in [1.54, 1.807) is 13.8 Å². The summed E-state index contributed by atoms with van der Waals surface area (Å²) in [4.78, 5) is 13.6. The van der Waals surface area contributed by atoms with Crippen LogP contribution in [-0.4, -0.2) is 15.2 Å². The van der Waals surface area contributed by atoms with E-state index >= 15 is 0 Å². The van der Waals surface area contributed by atoms with Crippen LogP contribution in [0.4, 0.5) is 0 Å². The van der Waals surface area contributed by atoms with Crippen LogP contribution in [0.5, 0.6) is 0 Å². The molecule has 0 radical (unpaired) electrons. The SMILES string of the molecule is Cc1nnc(C(C)N)c(=O)[nH]1. The molecule has 1 aromatic heterocycles. The average Bonchev–Trinajstić information content (AvgIpc) is 1.85. The monoisotopic (exact) mass is 154 g/mol. The Bertz CT molecular complexity index is 304. The Morgan fingerprint density at radius 1 is 1.55 bits per heavy atom. The van der Waals surface area contributed by atoms with Gasteiger partial charge in [-0.2, -0.15) is 0 Å². The normalized spacial score (nSPS) is 13.0. The zero-order chi connectivity index (χ0) is 8.43. The summed E-state index contributed by atoms with van der Waals surface area (Å²) < 4.78 is 0. The molecule has 0 saturated heterocycles. The molecule has 0 spiro atoms. The first-order valence-electron chi connectivity index (χ1n) is 3.30. The van der Waals surface area contributed by atoms with Gasteiger partial charge in [0.25, 0.3) is 5.56 Å². The van der Waals surface area contributed by atoms with Crippen molar-refractivity contribution in [1.29, 1.82) is 0 Å². The van der Waals surface area contributed by atoms with E-state index in [2.05, 4.69) is 15.2 Å². The Kier molecular flexibility index (Phi) is 2.00. The van der Waals surface area contributed by atoms with Crippen LogP contribution in [0.25, 0.3) is 0 Å². The highest BCUT2D eigenvalue weighted by Gasteiger charge is 2.06. The zero-order valence-electron chi connectivity index (χ0n) is 6.46. The zero-order valence-corrected chi connectivity index (χ0v) is 6.46. The Morgan fingerprint density at radius 3 is 2.64 bits per heavy atom. The van der Waals surface area contributed by atoms with Gasteiger partial charge in [-0.3, -0.25) is 4.79 Å². The van der Waals surface area contributed by atoms with Crippen LogP contribution in [0.2, 0.25) is 0 Å². The lowest BCUT2D eigenvalue weighted by Crippen LogP contribution is -2.23. The molecule has 60 valence electrons. The number of H-pyrrole nitrogens is 1. The van der Waals surface area contributed by atoms with Crippen LogP contribution < -0.4 is 11.3 Å². The van der Waals surface area contributed by atoms with Crippen LogP contribution in [-0.2, 0) is 0 Å². The average molecular weight is 154 g/mol. The van der Waals surface area contributed by atoms with E-state index < -0.39 is 0 Å². The quantitative estimate of drug-likeness (QED) is 0.570. The topological polar surface area (TPSA) is 84.7 Å². The third-order valence-corrected chi connectivity index (χ3v) is 1.27. The smallest absolute Gasteiger partial charge is 0.274 e. The molecule has 11 heavy (non-hydrogen) atoms. The molecule has 5 heteroatoms. The first-order chi connectivity index (χ1) is 5.11.